The van der Waals surface area contributed by atoms with Gasteiger partial charge in [-0.2, -0.15) is 0 Å². The lowest BCUT2D eigenvalue weighted by molar-refractivity contribution is -0.137. The molecule has 0 N–H and O–H groups in total. The summed E-state index contributed by atoms with van der Waals surface area (Å²) >= 11 is 0. The van der Waals surface area contributed by atoms with Gasteiger partial charge in [0, 0.05) is 38.0 Å². The number of methoxy groups -OCH3 is 1. The number of sulfone groups is 1. The Labute approximate surface area is 130 Å². The maximum absolute atomic E-state index is 12.4. The topological polar surface area (TPSA) is 76.6 Å². The molecule has 2 aliphatic heterocycles. The van der Waals surface area contributed by atoms with Gasteiger partial charge >= 0.3 is 0 Å². The van der Waals surface area contributed by atoms with Gasteiger partial charge in [-0.15, -0.1) is 0 Å². The van der Waals surface area contributed by atoms with E-state index in [-0.39, 0.29) is 37.1 Å². The van der Waals surface area contributed by atoms with Crippen LogP contribution in [0.1, 0.15) is 12.1 Å². The standard InChI is InChI=1S/C15H20N2O4S/c1-21-9-12-5-7-22(19,20)15(12)10-17(11-15)14(18)8-13-4-2-3-6-16-13/h2-4,6,12H,5,7-11H2,1H3. The summed E-state index contributed by atoms with van der Waals surface area (Å²) in [5, 5.41) is 0. The summed E-state index contributed by atoms with van der Waals surface area (Å²) in [6.45, 7) is 1.01. The molecule has 0 aromatic carbocycles. The summed E-state index contributed by atoms with van der Waals surface area (Å²) in [7, 11) is -1.57. The van der Waals surface area contributed by atoms with Crippen molar-refractivity contribution in [1.29, 1.82) is 0 Å². The van der Waals surface area contributed by atoms with E-state index in [1.54, 1.807) is 30.3 Å². The van der Waals surface area contributed by atoms with Crippen LogP contribution in [0.15, 0.2) is 24.4 Å². The van der Waals surface area contributed by atoms with E-state index in [0.29, 0.717) is 18.7 Å². The SMILES string of the molecule is COCC1CCS(=O)(=O)C12CN(C(=O)Cc1ccccn1)C2. The number of ether oxygens (including phenoxy) is 1. The van der Waals surface area contributed by atoms with Crippen molar-refractivity contribution in [3.05, 3.63) is 30.1 Å². The first-order valence-corrected chi connectivity index (χ1v) is 9.03. The molecule has 1 atom stereocenters. The fourth-order valence-corrected chi connectivity index (χ4v) is 5.85. The van der Waals surface area contributed by atoms with Gasteiger partial charge in [0.25, 0.3) is 0 Å². The Morgan fingerprint density at radius 1 is 1.45 bits per heavy atom. The lowest BCUT2D eigenvalue weighted by Gasteiger charge is -2.49. The fourth-order valence-electron chi connectivity index (χ4n) is 3.45. The summed E-state index contributed by atoms with van der Waals surface area (Å²) in [4.78, 5) is 18.0. The van der Waals surface area contributed by atoms with Gasteiger partial charge in [-0.05, 0) is 18.6 Å². The van der Waals surface area contributed by atoms with Crippen LogP contribution >= 0.6 is 0 Å². The first-order valence-electron chi connectivity index (χ1n) is 7.37. The zero-order chi connectivity index (χ0) is 15.8. The molecule has 0 aliphatic carbocycles. The van der Waals surface area contributed by atoms with Crippen LogP contribution < -0.4 is 0 Å². The van der Waals surface area contributed by atoms with E-state index in [2.05, 4.69) is 4.98 Å². The highest BCUT2D eigenvalue weighted by atomic mass is 32.2. The molecule has 120 valence electrons. The van der Waals surface area contributed by atoms with Gasteiger partial charge in [0.1, 0.15) is 4.75 Å². The average molecular weight is 324 g/mol. The predicted octanol–water partition coefficient (Wildman–Crippen LogP) is 0.286. The molecule has 3 heterocycles. The molecule has 1 aromatic rings. The minimum absolute atomic E-state index is 0.0126. The number of carbonyl (C=O) groups is 1. The van der Waals surface area contributed by atoms with Crippen LogP contribution in [-0.2, 0) is 25.8 Å². The molecule has 7 heteroatoms. The average Bonchev–Trinajstić information content (AvgIpc) is 2.70. The lowest BCUT2D eigenvalue weighted by atomic mass is 9.83. The molecule has 22 heavy (non-hydrogen) atoms. The van der Waals surface area contributed by atoms with E-state index >= 15 is 0 Å². The molecular formula is C15H20N2O4S. The number of rotatable bonds is 4. The van der Waals surface area contributed by atoms with Gasteiger partial charge < -0.3 is 9.64 Å². The molecule has 1 unspecified atom stereocenters. The molecule has 1 aromatic heterocycles. The fraction of sp³-hybridized carbons (Fsp3) is 0.600. The number of aromatic nitrogens is 1. The molecular weight excluding hydrogens is 304 g/mol. The maximum atomic E-state index is 12.4. The second-order valence-electron chi connectivity index (χ2n) is 6.07. The molecule has 0 radical (unpaired) electrons. The highest BCUT2D eigenvalue weighted by Crippen LogP contribution is 2.44. The number of carbonyl (C=O) groups excluding carboxylic acids is 1. The van der Waals surface area contributed by atoms with Crippen molar-refractivity contribution in [1.82, 2.24) is 9.88 Å². The summed E-state index contributed by atoms with van der Waals surface area (Å²) in [6, 6.07) is 5.43. The van der Waals surface area contributed by atoms with Gasteiger partial charge in [0.2, 0.25) is 5.91 Å². The third kappa shape index (κ3) is 2.42. The van der Waals surface area contributed by atoms with E-state index in [1.165, 1.54) is 0 Å². The Balaban J connectivity index is 1.68. The molecule has 2 aliphatic rings. The van der Waals surface area contributed by atoms with Crippen LogP contribution in [0.2, 0.25) is 0 Å². The highest BCUT2D eigenvalue weighted by molar-refractivity contribution is 7.93. The minimum Gasteiger partial charge on any atom is -0.384 e. The Kier molecular flexibility index (Phi) is 3.94. The monoisotopic (exact) mass is 324 g/mol. The van der Waals surface area contributed by atoms with E-state index in [4.69, 9.17) is 4.74 Å². The molecule has 1 amide bonds. The lowest BCUT2D eigenvalue weighted by Crippen LogP contribution is -2.69. The molecule has 1 spiro atoms. The van der Waals surface area contributed by atoms with Crippen LogP contribution in [-0.4, -0.2) is 61.5 Å². The van der Waals surface area contributed by atoms with E-state index in [1.807, 2.05) is 6.07 Å². The Morgan fingerprint density at radius 3 is 2.86 bits per heavy atom. The van der Waals surface area contributed by atoms with Crippen molar-refractivity contribution >= 4 is 15.7 Å². The normalized spacial score (nSPS) is 25.1. The quantitative estimate of drug-likeness (QED) is 0.795. The predicted molar refractivity (Wildman–Crippen MR) is 81.0 cm³/mol. The van der Waals surface area contributed by atoms with Gasteiger partial charge in [0.05, 0.1) is 18.8 Å². The third-order valence-electron chi connectivity index (χ3n) is 4.79. The molecule has 2 saturated heterocycles. The number of amides is 1. The first-order chi connectivity index (χ1) is 10.5. The number of pyridine rings is 1. The minimum atomic E-state index is -3.15. The number of likely N-dealkylation sites (tertiary alicyclic amines) is 1. The van der Waals surface area contributed by atoms with Gasteiger partial charge in [-0.3, -0.25) is 9.78 Å². The van der Waals surface area contributed by atoms with Crippen LogP contribution in [0.25, 0.3) is 0 Å². The van der Waals surface area contributed by atoms with Crippen LogP contribution in [0.3, 0.4) is 0 Å². The third-order valence-corrected chi connectivity index (χ3v) is 7.40. The van der Waals surface area contributed by atoms with Crippen molar-refractivity contribution in [2.75, 3.05) is 32.6 Å². The highest BCUT2D eigenvalue weighted by Gasteiger charge is 2.62. The Bertz CT molecular complexity index is 653. The van der Waals surface area contributed by atoms with Gasteiger partial charge in [-0.1, -0.05) is 6.07 Å². The smallest absolute Gasteiger partial charge is 0.228 e. The molecule has 2 fully saturated rings. The zero-order valence-electron chi connectivity index (χ0n) is 12.6. The largest absolute Gasteiger partial charge is 0.384 e. The molecule has 0 saturated carbocycles. The number of nitrogens with zero attached hydrogens (tertiary/aromatic N) is 2. The van der Waals surface area contributed by atoms with Crippen molar-refractivity contribution in [2.45, 2.75) is 17.6 Å². The van der Waals surface area contributed by atoms with E-state index in [0.717, 1.165) is 0 Å². The second kappa shape index (κ2) is 5.62. The van der Waals surface area contributed by atoms with Gasteiger partial charge in [-0.25, -0.2) is 8.42 Å². The summed E-state index contributed by atoms with van der Waals surface area (Å²) in [6.07, 6.45) is 2.49. The zero-order valence-corrected chi connectivity index (χ0v) is 13.4. The van der Waals surface area contributed by atoms with E-state index < -0.39 is 14.6 Å². The summed E-state index contributed by atoms with van der Waals surface area (Å²) in [5.41, 5.74) is 0.705. The molecule has 3 rings (SSSR count). The van der Waals surface area contributed by atoms with Crippen molar-refractivity contribution in [2.24, 2.45) is 5.92 Å². The molecule has 6 nitrogen and oxygen atoms in total. The Morgan fingerprint density at radius 2 is 2.23 bits per heavy atom. The summed E-state index contributed by atoms with van der Waals surface area (Å²) in [5.74, 6) is 0.118. The van der Waals surface area contributed by atoms with Gasteiger partial charge in [0.15, 0.2) is 9.84 Å². The van der Waals surface area contributed by atoms with E-state index in [9.17, 15) is 13.2 Å². The van der Waals surface area contributed by atoms with Crippen molar-refractivity contribution in [3.63, 3.8) is 0 Å². The maximum Gasteiger partial charge on any atom is 0.228 e. The van der Waals surface area contributed by atoms with Crippen LogP contribution in [0.4, 0.5) is 0 Å². The number of hydrogen-bond acceptors (Lipinski definition) is 5. The molecule has 0 bridgehead atoms. The summed E-state index contributed by atoms with van der Waals surface area (Å²) < 4.78 is 29.1. The number of hydrogen-bond donors (Lipinski definition) is 0. The Hall–Kier alpha value is -1.47. The van der Waals surface area contributed by atoms with Crippen molar-refractivity contribution < 1.29 is 17.9 Å². The van der Waals surface area contributed by atoms with Crippen LogP contribution in [0.5, 0.6) is 0 Å². The van der Waals surface area contributed by atoms with Crippen LogP contribution in [0, 0.1) is 5.92 Å². The second-order valence-corrected chi connectivity index (χ2v) is 8.52. The first kappa shape index (κ1) is 15.4. The van der Waals surface area contributed by atoms with Crippen molar-refractivity contribution in [3.8, 4) is 0 Å².